The molecule has 2 aliphatic rings. The van der Waals surface area contributed by atoms with Crippen LogP contribution in [0.2, 0.25) is 0 Å². The Morgan fingerprint density at radius 1 is 0.714 bits per heavy atom. The van der Waals surface area contributed by atoms with E-state index < -0.39 is 131 Å². The molecule has 0 spiro atoms. The second kappa shape index (κ2) is 37.5. The number of aromatic amines is 1. The number of halogens is 2. The van der Waals surface area contributed by atoms with E-state index in [2.05, 4.69) is 82.4 Å². The molecule has 10 atom stereocenters. The predicted molar refractivity (Wildman–Crippen MR) is 272 cm³/mol. The average molecular weight is 1340 g/mol. The Hall–Kier alpha value is -3.36. The highest BCUT2D eigenvalue weighted by Gasteiger charge is 2.63. The van der Waals surface area contributed by atoms with Gasteiger partial charge in [0.05, 0.1) is 39.1 Å². The Labute approximate surface area is 480 Å². The lowest BCUT2D eigenvalue weighted by atomic mass is 10.1. The van der Waals surface area contributed by atoms with Gasteiger partial charge in [0.15, 0.2) is 18.6 Å². The minimum atomic E-state index is -5.61. The molecule has 46 heteroatoms. The quantitative estimate of drug-likeness (QED) is 0.0118. The van der Waals surface area contributed by atoms with Crippen LogP contribution in [0.1, 0.15) is 69.4 Å². The zero-order valence-electron chi connectivity index (χ0n) is 43.7. The van der Waals surface area contributed by atoms with Gasteiger partial charge in [-0.25, -0.2) is 37.6 Å². The van der Waals surface area contributed by atoms with Gasteiger partial charge in [0.2, 0.25) is 6.23 Å². The van der Waals surface area contributed by atoms with E-state index >= 15 is 8.78 Å². The van der Waals surface area contributed by atoms with Gasteiger partial charge in [0.25, 0.3) is 5.56 Å². The Morgan fingerprint density at radius 3 is 1.87 bits per heavy atom. The lowest BCUT2D eigenvalue weighted by Gasteiger charge is -2.25. The number of aliphatic hydroxyl groups is 2. The van der Waals surface area contributed by atoms with E-state index in [4.69, 9.17) is 33.9 Å². The van der Waals surface area contributed by atoms with Crippen LogP contribution in [-0.2, 0) is 114 Å². The van der Waals surface area contributed by atoms with Gasteiger partial charge in [-0.2, -0.15) is 13.8 Å². The first kappa shape index (κ1) is 73.1. The van der Waals surface area contributed by atoms with E-state index in [1.807, 2.05) is 0 Å². The summed E-state index contributed by atoms with van der Waals surface area (Å²) in [7, 11) is -16.6. The molecular formula is C38H61F2N5O33P4S2. The number of nitrogens with two attached hydrogens (primary N) is 1. The largest absolute Gasteiger partial charge is 0.527 e. The third-order valence-corrected chi connectivity index (χ3v) is 16.6. The molecule has 2 aliphatic heterocycles. The molecule has 4 rings (SSSR count). The van der Waals surface area contributed by atoms with Crippen molar-refractivity contribution in [3.63, 3.8) is 0 Å². The van der Waals surface area contributed by atoms with Gasteiger partial charge < -0.3 is 54.0 Å². The van der Waals surface area contributed by atoms with Crippen LogP contribution in [0.3, 0.4) is 0 Å². The third-order valence-electron chi connectivity index (χ3n) is 10.2. The number of aliphatic hydroxyl groups excluding tert-OH is 2. The first-order chi connectivity index (χ1) is 39.9. The van der Waals surface area contributed by atoms with E-state index in [1.165, 1.54) is 13.1 Å². The van der Waals surface area contributed by atoms with Crippen LogP contribution < -0.4 is 22.7 Å². The highest BCUT2D eigenvalue weighted by atomic mass is 33.1. The van der Waals surface area contributed by atoms with Crippen molar-refractivity contribution in [2.45, 2.75) is 101 Å². The number of anilines is 1. The maximum absolute atomic E-state index is 15.9. The number of nitrogen functional groups attached to an aromatic ring is 1. The van der Waals surface area contributed by atoms with E-state index in [-0.39, 0.29) is 35.6 Å². The average Bonchev–Trinajstić information content (AvgIpc) is 1.86. The van der Waals surface area contributed by atoms with Crippen molar-refractivity contribution in [1.29, 1.82) is 0 Å². The van der Waals surface area contributed by atoms with Gasteiger partial charge in [-0.3, -0.25) is 55.8 Å². The molecule has 84 heavy (non-hydrogen) atoms. The molecule has 0 aromatic carbocycles. The number of nitrogens with one attached hydrogen (secondary N) is 1. The van der Waals surface area contributed by atoms with Crippen molar-refractivity contribution < 1.29 is 152 Å². The summed E-state index contributed by atoms with van der Waals surface area (Å²) < 4.78 is 131. The second-order valence-electron chi connectivity index (χ2n) is 16.5. The number of hydrogen-bond donors (Lipinski definition) is 8. The van der Waals surface area contributed by atoms with Crippen LogP contribution in [0.25, 0.3) is 0 Å². The number of nitrogens with zero attached hydrogens (tertiary/aromatic N) is 3. The smallest absolute Gasteiger partial charge is 0.409 e. The lowest BCUT2D eigenvalue weighted by Crippen LogP contribution is -2.43. The van der Waals surface area contributed by atoms with Gasteiger partial charge in [-0.1, -0.05) is 40.9 Å². The second-order valence-corrected chi connectivity index (χ2v) is 24.9. The minimum Gasteiger partial charge on any atom is -0.409 e. The first-order valence-corrected chi connectivity index (χ1v) is 32.7. The molecule has 0 bridgehead atoms. The number of phosphoric ester groups is 4. The SMILES string of the molecule is Cc1cn([C@H]2CC(O)[C@@H](COP(=O)(O)O/C=C/OOOOOCCOP(=O)(O)OC3C(COP(=O)(O)O/C=C/OOOOOCCOP(=O)(O)OCCCCCCSSCCCCCO)OC(n4ccc(N)nc4=O)C3(F)F)O2)c(=O)[nH]c1=O. The highest BCUT2D eigenvalue weighted by molar-refractivity contribution is 8.76. The maximum Gasteiger partial charge on any atom is 0.527 e. The molecule has 0 saturated carbocycles. The number of alkyl halides is 2. The summed E-state index contributed by atoms with van der Waals surface area (Å²) in [5.41, 5.74) is 2.78. The molecular weight excluding hydrogens is 1280 g/mol. The van der Waals surface area contributed by atoms with Gasteiger partial charge >= 0.3 is 48.6 Å². The number of phosphoric acid groups is 4. The van der Waals surface area contributed by atoms with Gasteiger partial charge in [0, 0.05) is 62.6 Å². The Bertz CT molecular complexity index is 2720. The predicted octanol–water partition coefficient (Wildman–Crippen LogP) is 3.30. The molecule has 2 aromatic rings. The van der Waals surface area contributed by atoms with Crippen molar-refractivity contribution in [2.24, 2.45) is 0 Å². The zero-order valence-corrected chi connectivity index (χ0v) is 48.9. The number of ether oxygens (including phenoxy) is 2. The van der Waals surface area contributed by atoms with Gasteiger partial charge in [0.1, 0.15) is 50.0 Å². The van der Waals surface area contributed by atoms with E-state index in [0.29, 0.717) is 31.5 Å². The Kier molecular flexibility index (Phi) is 32.6. The van der Waals surface area contributed by atoms with Crippen LogP contribution in [0.15, 0.2) is 57.9 Å². The molecule has 9 N–H and O–H groups in total. The molecule has 38 nitrogen and oxygen atoms in total. The molecule has 8 unspecified atom stereocenters. The molecule has 2 fully saturated rings. The van der Waals surface area contributed by atoms with Crippen molar-refractivity contribution >= 4 is 58.7 Å². The number of hydrogen-bond acceptors (Lipinski definition) is 33. The summed E-state index contributed by atoms with van der Waals surface area (Å²) in [4.78, 5) is 99.1. The number of aromatic nitrogens is 4. The van der Waals surface area contributed by atoms with Crippen molar-refractivity contribution in [1.82, 2.24) is 19.1 Å². The van der Waals surface area contributed by atoms with Crippen LogP contribution in [0, 0.1) is 6.92 Å². The van der Waals surface area contributed by atoms with Crippen LogP contribution in [0.5, 0.6) is 0 Å². The number of H-pyrrole nitrogens is 1. The number of aryl methyl sites for hydroxylation is 1. The first-order valence-electron chi connectivity index (χ1n) is 24.2. The molecule has 2 aromatic heterocycles. The lowest BCUT2D eigenvalue weighted by molar-refractivity contribution is -0.700. The Balaban J connectivity index is 1.09. The Morgan fingerprint density at radius 2 is 1.27 bits per heavy atom. The summed E-state index contributed by atoms with van der Waals surface area (Å²) in [6.45, 7) is -3.29. The normalized spacial score (nSPS) is 22.6. The fraction of sp³-hybridized carbons (Fsp3) is 0.684. The van der Waals surface area contributed by atoms with Crippen LogP contribution >= 0.6 is 52.9 Å². The topological polar surface area (TPSA) is 490 Å². The van der Waals surface area contributed by atoms with Gasteiger partial charge in [-0.05, 0) is 48.7 Å². The molecule has 0 amide bonds. The van der Waals surface area contributed by atoms with E-state index in [1.54, 1.807) is 21.6 Å². The van der Waals surface area contributed by atoms with E-state index in [0.717, 1.165) is 66.9 Å². The maximum atomic E-state index is 15.9. The summed E-state index contributed by atoms with van der Waals surface area (Å²) >= 11 is 0. The summed E-state index contributed by atoms with van der Waals surface area (Å²) in [5.74, 6) is -2.85. The summed E-state index contributed by atoms with van der Waals surface area (Å²) in [6, 6.07) is 0.921. The molecule has 0 radical (unpaired) electrons. The summed E-state index contributed by atoms with van der Waals surface area (Å²) in [5, 5.41) is 43.2. The fourth-order valence-electron chi connectivity index (χ4n) is 6.47. The van der Waals surface area contributed by atoms with Crippen molar-refractivity contribution in [3.8, 4) is 0 Å². The zero-order chi connectivity index (χ0) is 61.7. The molecule has 482 valence electrons. The van der Waals surface area contributed by atoms with Crippen molar-refractivity contribution in [2.75, 3.05) is 70.1 Å². The van der Waals surface area contributed by atoms with E-state index in [9.17, 15) is 57.3 Å². The molecule has 2 saturated heterocycles. The molecule has 4 heterocycles. The number of unbranched alkanes of at least 4 members (excludes halogenated alkanes) is 5. The third kappa shape index (κ3) is 27.8. The summed E-state index contributed by atoms with van der Waals surface area (Å²) in [6.07, 6.45) is -1.88. The highest BCUT2D eigenvalue weighted by Crippen LogP contribution is 2.54. The monoisotopic (exact) mass is 1340 g/mol. The minimum absolute atomic E-state index is 0.0226. The number of rotatable bonds is 46. The molecule has 0 aliphatic carbocycles. The van der Waals surface area contributed by atoms with Crippen LogP contribution in [0.4, 0.5) is 14.6 Å². The van der Waals surface area contributed by atoms with Gasteiger partial charge in [-0.15, -0.1) is 0 Å². The fourth-order valence-corrected chi connectivity index (χ4v) is 11.6. The standard InChI is InChI=1S/C38H61F2N5O33P4S2/c1-27-24-45(37(50)43-34(27)48)32-23-28(47)29(70-32)25-68-80(53,54)65-18-14-60-75-78-76-62-16-20-67-82(57,58)72-33-30(71-35(38(33,39)40)44-10-9-31(41)42-36(44)49)26-69-81(55,56)66-19-15-61-74-77-73-59-13-17-64-79(51,52)63-12-6-2-3-7-21-83-84-22-8-4-5-11-46/h9-10,14-15,18-19,24,28-30,32-33,35,46-47H,2-8,11-13,16-17,20-23,25-26H2,1H3,(H,51,52)(H,53,54)(H,55,56)(H,57,58)(H2,41,42,49)(H,43,48,50)/b18-14+,19-15+/t28?,29-,30?,32-,33?,35?/m1/s1. The van der Waals surface area contributed by atoms with Crippen LogP contribution in [-0.4, -0.2) is 144 Å². The van der Waals surface area contributed by atoms with Crippen molar-refractivity contribution in [3.05, 3.63) is 80.4 Å².